The summed E-state index contributed by atoms with van der Waals surface area (Å²) in [4.78, 5) is 13.3. The first-order valence-electron chi connectivity index (χ1n) is 7.73. The second-order valence-electron chi connectivity index (χ2n) is 5.55. The Kier molecular flexibility index (Phi) is 3.57. The van der Waals surface area contributed by atoms with Gasteiger partial charge in [0.25, 0.3) is 0 Å². The van der Waals surface area contributed by atoms with Gasteiger partial charge in [-0.3, -0.25) is 9.97 Å². The van der Waals surface area contributed by atoms with Gasteiger partial charge >= 0.3 is 0 Å². The molecule has 0 radical (unpaired) electrons. The van der Waals surface area contributed by atoms with E-state index in [0.717, 1.165) is 27.4 Å². The van der Waals surface area contributed by atoms with Gasteiger partial charge < -0.3 is 15.2 Å². The van der Waals surface area contributed by atoms with Gasteiger partial charge in [0.2, 0.25) is 0 Å². The Morgan fingerprint density at radius 3 is 2.36 bits per heavy atom. The summed E-state index contributed by atoms with van der Waals surface area (Å²) in [5, 5.41) is 2.65. The van der Waals surface area contributed by atoms with Crippen molar-refractivity contribution in [3.05, 3.63) is 48.8 Å². The van der Waals surface area contributed by atoms with Crippen LogP contribution < -0.4 is 15.2 Å². The van der Waals surface area contributed by atoms with Crippen LogP contribution in [0.2, 0.25) is 0 Å². The maximum atomic E-state index is 6.18. The quantitative estimate of drug-likeness (QED) is 0.579. The van der Waals surface area contributed by atoms with Gasteiger partial charge in [-0.2, -0.15) is 0 Å². The van der Waals surface area contributed by atoms with Gasteiger partial charge in [-0.25, -0.2) is 4.98 Å². The van der Waals surface area contributed by atoms with Gasteiger partial charge in [0.15, 0.2) is 11.5 Å². The SMILES string of the molecule is COc1cc2ncc3c(N)nc(-c4ccccn4)cc3c2cc1OC. The van der Waals surface area contributed by atoms with Crippen molar-refractivity contribution in [2.24, 2.45) is 0 Å². The molecule has 124 valence electrons. The molecule has 25 heavy (non-hydrogen) atoms. The van der Waals surface area contributed by atoms with E-state index in [0.29, 0.717) is 23.0 Å². The Labute approximate surface area is 144 Å². The summed E-state index contributed by atoms with van der Waals surface area (Å²) in [7, 11) is 3.21. The lowest BCUT2D eigenvalue weighted by Gasteiger charge is -2.12. The molecule has 0 spiro atoms. The number of nitrogens with zero attached hydrogens (tertiary/aromatic N) is 3. The van der Waals surface area contributed by atoms with Gasteiger partial charge in [0.1, 0.15) is 5.82 Å². The Morgan fingerprint density at radius 1 is 0.840 bits per heavy atom. The van der Waals surface area contributed by atoms with E-state index in [2.05, 4.69) is 15.0 Å². The minimum absolute atomic E-state index is 0.419. The van der Waals surface area contributed by atoms with Crippen molar-refractivity contribution in [3.63, 3.8) is 0 Å². The van der Waals surface area contributed by atoms with Crippen LogP contribution in [0, 0.1) is 0 Å². The largest absolute Gasteiger partial charge is 0.493 e. The van der Waals surface area contributed by atoms with E-state index in [1.54, 1.807) is 26.6 Å². The monoisotopic (exact) mass is 332 g/mol. The van der Waals surface area contributed by atoms with E-state index in [1.807, 2.05) is 36.4 Å². The molecular formula is C19H16N4O2. The number of aromatic nitrogens is 3. The summed E-state index contributed by atoms with van der Waals surface area (Å²) in [6.07, 6.45) is 3.46. The van der Waals surface area contributed by atoms with Crippen LogP contribution in [0.1, 0.15) is 0 Å². The van der Waals surface area contributed by atoms with Crippen molar-refractivity contribution in [2.45, 2.75) is 0 Å². The Balaban J connectivity index is 2.07. The van der Waals surface area contributed by atoms with E-state index in [1.165, 1.54) is 0 Å². The highest BCUT2D eigenvalue weighted by Crippen LogP contribution is 2.36. The molecule has 0 unspecified atom stereocenters. The standard InChI is InChI=1S/C19H16N4O2/c1-24-17-8-12-11-7-16(14-5-3-4-6-21-14)23-19(20)13(11)10-22-15(12)9-18(17)25-2/h3-10H,1-2H3,(H2,20,23). The summed E-state index contributed by atoms with van der Waals surface area (Å²) >= 11 is 0. The summed E-state index contributed by atoms with van der Waals surface area (Å²) < 4.78 is 10.8. The highest BCUT2D eigenvalue weighted by molar-refractivity contribution is 6.10. The van der Waals surface area contributed by atoms with Crippen LogP contribution >= 0.6 is 0 Å². The molecule has 0 amide bonds. The highest BCUT2D eigenvalue weighted by Gasteiger charge is 2.13. The van der Waals surface area contributed by atoms with Crippen LogP contribution in [0.3, 0.4) is 0 Å². The molecular weight excluding hydrogens is 316 g/mol. The van der Waals surface area contributed by atoms with Gasteiger partial charge in [0, 0.05) is 29.2 Å². The normalized spacial score (nSPS) is 11.0. The van der Waals surface area contributed by atoms with Crippen molar-refractivity contribution < 1.29 is 9.47 Å². The molecule has 0 bridgehead atoms. The molecule has 6 nitrogen and oxygen atoms in total. The van der Waals surface area contributed by atoms with Crippen LogP contribution in [0.25, 0.3) is 33.1 Å². The van der Waals surface area contributed by atoms with E-state index in [9.17, 15) is 0 Å². The maximum absolute atomic E-state index is 6.18. The number of nitrogen functional groups attached to an aromatic ring is 1. The molecule has 0 saturated carbocycles. The molecule has 2 N–H and O–H groups in total. The van der Waals surface area contributed by atoms with Crippen molar-refractivity contribution in [1.82, 2.24) is 15.0 Å². The van der Waals surface area contributed by atoms with Crippen molar-refractivity contribution in [1.29, 1.82) is 0 Å². The number of fused-ring (bicyclic) bond motifs is 3. The molecule has 4 aromatic rings. The fourth-order valence-corrected chi connectivity index (χ4v) is 2.90. The highest BCUT2D eigenvalue weighted by atomic mass is 16.5. The topological polar surface area (TPSA) is 83.2 Å². The third kappa shape index (κ3) is 2.48. The first kappa shape index (κ1) is 15.1. The number of nitrogens with two attached hydrogens (primary N) is 1. The number of benzene rings is 1. The molecule has 0 fully saturated rings. The average molecular weight is 332 g/mol. The second-order valence-corrected chi connectivity index (χ2v) is 5.55. The molecule has 6 heteroatoms. The molecule has 0 atom stereocenters. The van der Waals surface area contributed by atoms with Crippen LogP contribution in [0.4, 0.5) is 5.82 Å². The summed E-state index contributed by atoms with van der Waals surface area (Å²) in [5.74, 6) is 1.69. The smallest absolute Gasteiger partial charge is 0.162 e. The molecule has 4 rings (SSSR count). The van der Waals surface area contributed by atoms with Crippen LogP contribution in [0.5, 0.6) is 11.5 Å². The number of rotatable bonds is 3. The predicted molar refractivity (Wildman–Crippen MR) is 97.8 cm³/mol. The van der Waals surface area contributed by atoms with E-state index >= 15 is 0 Å². The zero-order chi connectivity index (χ0) is 17.4. The predicted octanol–water partition coefficient (Wildman–Crippen LogP) is 3.44. The number of hydrogen-bond acceptors (Lipinski definition) is 6. The molecule has 3 aromatic heterocycles. The van der Waals surface area contributed by atoms with Gasteiger partial charge in [-0.1, -0.05) is 6.07 Å². The zero-order valence-corrected chi connectivity index (χ0v) is 13.9. The van der Waals surface area contributed by atoms with Crippen LogP contribution in [0.15, 0.2) is 48.8 Å². The minimum atomic E-state index is 0.419. The molecule has 0 saturated heterocycles. The lowest BCUT2D eigenvalue weighted by atomic mass is 10.0. The lowest BCUT2D eigenvalue weighted by Crippen LogP contribution is -1.97. The number of hydrogen-bond donors (Lipinski definition) is 1. The third-order valence-electron chi connectivity index (χ3n) is 4.14. The molecule has 0 aliphatic rings. The van der Waals surface area contributed by atoms with Gasteiger partial charge in [-0.05, 0) is 29.7 Å². The Bertz CT molecular complexity index is 1080. The average Bonchev–Trinajstić information content (AvgIpc) is 2.67. The number of ether oxygens (including phenoxy) is 2. The summed E-state index contributed by atoms with van der Waals surface area (Å²) in [6.45, 7) is 0. The molecule has 1 aromatic carbocycles. The Morgan fingerprint density at radius 2 is 1.64 bits per heavy atom. The fourth-order valence-electron chi connectivity index (χ4n) is 2.90. The third-order valence-corrected chi connectivity index (χ3v) is 4.14. The maximum Gasteiger partial charge on any atom is 0.162 e. The number of anilines is 1. The van der Waals surface area contributed by atoms with Gasteiger partial charge in [-0.15, -0.1) is 0 Å². The van der Waals surface area contributed by atoms with E-state index in [4.69, 9.17) is 15.2 Å². The Hall–Kier alpha value is -3.41. The van der Waals surface area contributed by atoms with Crippen LogP contribution in [-0.2, 0) is 0 Å². The van der Waals surface area contributed by atoms with Gasteiger partial charge in [0.05, 0.1) is 31.1 Å². The fraction of sp³-hybridized carbons (Fsp3) is 0.105. The summed E-state index contributed by atoms with van der Waals surface area (Å²) in [5.41, 5.74) is 8.45. The van der Waals surface area contributed by atoms with Crippen LogP contribution in [-0.4, -0.2) is 29.2 Å². The minimum Gasteiger partial charge on any atom is -0.493 e. The first-order chi connectivity index (χ1) is 12.2. The number of pyridine rings is 3. The van der Waals surface area contributed by atoms with Crippen molar-refractivity contribution >= 4 is 27.5 Å². The second kappa shape index (κ2) is 5.90. The summed E-state index contributed by atoms with van der Waals surface area (Å²) in [6, 6.07) is 11.4. The van der Waals surface area contributed by atoms with E-state index < -0.39 is 0 Å². The number of methoxy groups -OCH3 is 2. The molecule has 3 heterocycles. The van der Waals surface area contributed by atoms with Crippen molar-refractivity contribution in [2.75, 3.05) is 20.0 Å². The van der Waals surface area contributed by atoms with E-state index in [-0.39, 0.29) is 0 Å². The van der Waals surface area contributed by atoms with Crippen molar-refractivity contribution in [3.8, 4) is 22.9 Å². The first-order valence-corrected chi connectivity index (χ1v) is 7.73. The molecule has 0 aliphatic carbocycles. The molecule has 0 aliphatic heterocycles. The lowest BCUT2D eigenvalue weighted by molar-refractivity contribution is 0.356. The zero-order valence-electron chi connectivity index (χ0n) is 13.9.